The van der Waals surface area contributed by atoms with Gasteiger partial charge in [0.05, 0.1) is 0 Å². The molecular formula is C16H17Br. The first-order chi connectivity index (χ1) is 8.33. The quantitative estimate of drug-likeness (QED) is 0.701. The van der Waals surface area contributed by atoms with E-state index in [-0.39, 0.29) is 0 Å². The van der Waals surface area contributed by atoms with Gasteiger partial charge in [0.15, 0.2) is 0 Å². The Labute approximate surface area is 112 Å². The lowest BCUT2D eigenvalue weighted by Gasteiger charge is -2.11. The van der Waals surface area contributed by atoms with Crippen LogP contribution in [-0.4, -0.2) is 0 Å². The van der Waals surface area contributed by atoms with Crippen molar-refractivity contribution in [2.45, 2.75) is 26.2 Å². The average Bonchev–Trinajstić information content (AvgIpc) is 2.37. The Morgan fingerprint density at radius 3 is 2.41 bits per heavy atom. The van der Waals surface area contributed by atoms with Gasteiger partial charge in [0.2, 0.25) is 0 Å². The SMILES string of the molecule is CCCCc1cccc(Br)c1-c1ccccc1. The molecule has 0 N–H and O–H groups in total. The van der Waals surface area contributed by atoms with Gasteiger partial charge in [-0.1, -0.05) is 71.7 Å². The van der Waals surface area contributed by atoms with Crippen molar-refractivity contribution in [3.8, 4) is 11.1 Å². The first kappa shape index (κ1) is 12.4. The van der Waals surface area contributed by atoms with E-state index in [1.54, 1.807) is 0 Å². The van der Waals surface area contributed by atoms with Crippen LogP contribution in [0, 0.1) is 0 Å². The van der Waals surface area contributed by atoms with Crippen LogP contribution >= 0.6 is 15.9 Å². The van der Waals surface area contributed by atoms with Crippen LogP contribution in [0.25, 0.3) is 11.1 Å². The maximum atomic E-state index is 3.68. The van der Waals surface area contributed by atoms with Crippen molar-refractivity contribution in [2.24, 2.45) is 0 Å². The maximum absolute atomic E-state index is 3.68. The highest BCUT2D eigenvalue weighted by atomic mass is 79.9. The zero-order chi connectivity index (χ0) is 12.1. The molecular weight excluding hydrogens is 272 g/mol. The third-order valence-electron chi connectivity index (χ3n) is 2.96. The third kappa shape index (κ3) is 2.98. The number of halogens is 1. The minimum atomic E-state index is 1.15. The molecule has 2 rings (SSSR count). The van der Waals surface area contributed by atoms with Crippen LogP contribution in [0.15, 0.2) is 53.0 Å². The molecule has 0 spiro atoms. The minimum Gasteiger partial charge on any atom is -0.0654 e. The summed E-state index contributed by atoms with van der Waals surface area (Å²) in [6.07, 6.45) is 3.64. The first-order valence-corrected chi connectivity index (χ1v) is 6.95. The molecule has 88 valence electrons. The van der Waals surface area contributed by atoms with E-state index in [9.17, 15) is 0 Å². The van der Waals surface area contributed by atoms with Gasteiger partial charge in [-0.3, -0.25) is 0 Å². The third-order valence-corrected chi connectivity index (χ3v) is 3.62. The zero-order valence-electron chi connectivity index (χ0n) is 10.1. The van der Waals surface area contributed by atoms with Crippen LogP contribution in [0.4, 0.5) is 0 Å². The van der Waals surface area contributed by atoms with Crippen LogP contribution < -0.4 is 0 Å². The molecule has 0 amide bonds. The van der Waals surface area contributed by atoms with E-state index in [0.717, 1.165) is 6.42 Å². The van der Waals surface area contributed by atoms with Crippen molar-refractivity contribution in [1.29, 1.82) is 0 Å². The monoisotopic (exact) mass is 288 g/mol. The lowest BCUT2D eigenvalue weighted by atomic mass is 9.96. The second kappa shape index (κ2) is 6.02. The van der Waals surface area contributed by atoms with Crippen molar-refractivity contribution in [3.63, 3.8) is 0 Å². The predicted molar refractivity (Wildman–Crippen MR) is 78.2 cm³/mol. The molecule has 17 heavy (non-hydrogen) atoms. The van der Waals surface area contributed by atoms with E-state index in [4.69, 9.17) is 0 Å². The summed E-state index contributed by atoms with van der Waals surface area (Å²) in [5, 5.41) is 0. The molecule has 0 heterocycles. The molecule has 0 bridgehead atoms. The smallest absolute Gasteiger partial charge is 0.0256 e. The fraction of sp³-hybridized carbons (Fsp3) is 0.250. The molecule has 1 heteroatoms. The van der Waals surface area contributed by atoms with Crippen LogP contribution in [0.2, 0.25) is 0 Å². The van der Waals surface area contributed by atoms with Crippen molar-refractivity contribution < 1.29 is 0 Å². The minimum absolute atomic E-state index is 1.15. The van der Waals surface area contributed by atoms with Crippen molar-refractivity contribution in [3.05, 3.63) is 58.6 Å². The summed E-state index contributed by atoms with van der Waals surface area (Å²) in [5.41, 5.74) is 4.08. The molecule has 0 saturated heterocycles. The summed E-state index contributed by atoms with van der Waals surface area (Å²) in [4.78, 5) is 0. The van der Waals surface area contributed by atoms with Gasteiger partial charge in [0, 0.05) is 4.47 Å². The Bertz CT molecular complexity index is 474. The average molecular weight is 289 g/mol. The molecule has 0 aromatic heterocycles. The van der Waals surface area contributed by atoms with E-state index >= 15 is 0 Å². The van der Waals surface area contributed by atoms with E-state index in [1.807, 2.05) is 0 Å². The lowest BCUT2D eigenvalue weighted by molar-refractivity contribution is 0.796. The molecule has 0 fully saturated rings. The van der Waals surface area contributed by atoms with E-state index in [1.165, 1.54) is 34.0 Å². The van der Waals surface area contributed by atoms with Gasteiger partial charge >= 0.3 is 0 Å². The van der Waals surface area contributed by atoms with Gasteiger partial charge in [-0.05, 0) is 35.6 Å². The highest BCUT2D eigenvalue weighted by molar-refractivity contribution is 9.10. The molecule has 0 aliphatic rings. The van der Waals surface area contributed by atoms with Gasteiger partial charge in [-0.2, -0.15) is 0 Å². The first-order valence-electron chi connectivity index (χ1n) is 6.15. The molecule has 0 aliphatic heterocycles. The maximum Gasteiger partial charge on any atom is 0.0256 e. The molecule has 2 aromatic carbocycles. The molecule has 0 radical (unpaired) electrons. The van der Waals surface area contributed by atoms with Crippen molar-refractivity contribution in [2.75, 3.05) is 0 Å². The summed E-state index contributed by atoms with van der Waals surface area (Å²) < 4.78 is 1.19. The lowest BCUT2D eigenvalue weighted by Crippen LogP contribution is -1.91. The summed E-state index contributed by atoms with van der Waals surface area (Å²) in [7, 11) is 0. The largest absolute Gasteiger partial charge is 0.0654 e. The Balaban J connectivity index is 2.44. The topological polar surface area (TPSA) is 0 Å². The van der Waals surface area contributed by atoms with Crippen LogP contribution in [0.3, 0.4) is 0 Å². The van der Waals surface area contributed by atoms with Gasteiger partial charge < -0.3 is 0 Å². The molecule has 0 unspecified atom stereocenters. The summed E-state index contributed by atoms with van der Waals surface area (Å²) in [6, 6.07) is 17.1. The highest BCUT2D eigenvalue weighted by Crippen LogP contribution is 2.32. The fourth-order valence-electron chi connectivity index (χ4n) is 2.07. The highest BCUT2D eigenvalue weighted by Gasteiger charge is 2.08. The summed E-state index contributed by atoms with van der Waals surface area (Å²) in [5.74, 6) is 0. The standard InChI is InChI=1S/C16H17Br/c1-2-3-8-13-11-7-12-15(17)16(13)14-9-5-4-6-10-14/h4-7,9-12H,2-3,8H2,1H3. The Morgan fingerprint density at radius 1 is 0.941 bits per heavy atom. The Hall–Kier alpha value is -1.08. The molecule has 0 aliphatic carbocycles. The van der Waals surface area contributed by atoms with Gasteiger partial charge in [-0.25, -0.2) is 0 Å². The zero-order valence-corrected chi connectivity index (χ0v) is 11.7. The molecule has 0 nitrogen and oxygen atoms in total. The molecule has 0 atom stereocenters. The normalized spacial score (nSPS) is 10.5. The Morgan fingerprint density at radius 2 is 1.71 bits per heavy atom. The van der Waals surface area contributed by atoms with Crippen molar-refractivity contribution >= 4 is 15.9 Å². The summed E-state index contributed by atoms with van der Waals surface area (Å²) >= 11 is 3.68. The van der Waals surface area contributed by atoms with Gasteiger partial charge in [-0.15, -0.1) is 0 Å². The Kier molecular flexibility index (Phi) is 4.38. The number of benzene rings is 2. The van der Waals surface area contributed by atoms with Gasteiger partial charge in [0.25, 0.3) is 0 Å². The van der Waals surface area contributed by atoms with E-state index in [0.29, 0.717) is 0 Å². The van der Waals surface area contributed by atoms with Crippen molar-refractivity contribution in [1.82, 2.24) is 0 Å². The fourth-order valence-corrected chi connectivity index (χ4v) is 2.71. The molecule has 0 saturated carbocycles. The van der Waals surface area contributed by atoms with Crippen LogP contribution in [0.5, 0.6) is 0 Å². The molecule has 2 aromatic rings. The number of unbranched alkanes of at least 4 members (excludes halogenated alkanes) is 1. The van der Waals surface area contributed by atoms with E-state index in [2.05, 4.69) is 71.4 Å². The number of hydrogen-bond donors (Lipinski definition) is 0. The predicted octanol–water partition coefficient (Wildman–Crippen LogP) is 5.46. The van der Waals surface area contributed by atoms with Crippen LogP contribution in [0.1, 0.15) is 25.3 Å². The summed E-state index contributed by atoms with van der Waals surface area (Å²) in [6.45, 7) is 2.24. The van der Waals surface area contributed by atoms with Gasteiger partial charge in [0.1, 0.15) is 0 Å². The number of rotatable bonds is 4. The second-order valence-electron chi connectivity index (χ2n) is 4.24. The number of aryl methyl sites for hydroxylation is 1. The number of hydrogen-bond acceptors (Lipinski definition) is 0. The second-order valence-corrected chi connectivity index (χ2v) is 5.10. The van der Waals surface area contributed by atoms with Crippen LogP contribution in [-0.2, 0) is 6.42 Å². The van der Waals surface area contributed by atoms with E-state index < -0.39 is 0 Å².